The molecule has 0 saturated carbocycles. The Bertz CT molecular complexity index is 1090. The van der Waals surface area contributed by atoms with Gasteiger partial charge in [-0.3, -0.25) is 0 Å². The Morgan fingerprint density at radius 2 is 2.07 bits per heavy atom. The first kappa shape index (κ1) is 18.9. The number of phenols is 1. The third-order valence-electron chi connectivity index (χ3n) is 6.32. The molecule has 7 heteroatoms. The summed E-state index contributed by atoms with van der Waals surface area (Å²) in [7, 11) is 2.13. The first-order valence-electron chi connectivity index (χ1n) is 10.5. The molecule has 2 aliphatic rings. The fraction of sp³-hybridized carbons (Fsp3) is 0.391. The molecule has 3 heterocycles. The van der Waals surface area contributed by atoms with Crippen LogP contribution in [0.3, 0.4) is 0 Å². The molecule has 5 rings (SSSR count). The number of hydrogen-bond donors (Lipinski definition) is 2. The Labute approximate surface area is 176 Å². The topological polar surface area (TPSA) is 87.7 Å². The van der Waals surface area contributed by atoms with Crippen molar-refractivity contribution in [3.63, 3.8) is 0 Å². The number of likely N-dealkylation sites (N-methyl/N-ethyl adjacent to an activating group) is 1. The van der Waals surface area contributed by atoms with Crippen molar-refractivity contribution in [1.82, 2.24) is 14.9 Å². The minimum Gasteiger partial charge on any atom is -0.508 e. The number of nitrogens with two attached hydrogens (primary N) is 1. The lowest BCUT2D eigenvalue weighted by Gasteiger charge is -2.31. The van der Waals surface area contributed by atoms with Crippen LogP contribution < -0.4 is 15.4 Å². The van der Waals surface area contributed by atoms with E-state index < -0.39 is 0 Å². The maximum absolute atomic E-state index is 10.2. The summed E-state index contributed by atoms with van der Waals surface area (Å²) in [5, 5.41) is 12.4. The van der Waals surface area contributed by atoms with E-state index in [4.69, 9.17) is 15.5 Å². The maximum atomic E-state index is 10.2. The summed E-state index contributed by atoms with van der Waals surface area (Å²) in [5.74, 6) is 0.775. The average molecular weight is 406 g/mol. The zero-order chi connectivity index (χ0) is 20.7. The molecular formula is C23H27N5O2. The number of aromatic hydroxyl groups is 1. The van der Waals surface area contributed by atoms with Crippen LogP contribution in [0.2, 0.25) is 0 Å². The number of nitrogen functional groups attached to an aromatic ring is 1. The van der Waals surface area contributed by atoms with Crippen LogP contribution in [0.5, 0.6) is 11.8 Å². The summed E-state index contributed by atoms with van der Waals surface area (Å²) < 4.78 is 5.94. The Morgan fingerprint density at radius 3 is 2.90 bits per heavy atom. The van der Waals surface area contributed by atoms with E-state index in [0.717, 1.165) is 53.6 Å². The van der Waals surface area contributed by atoms with Gasteiger partial charge in [0.15, 0.2) is 0 Å². The molecule has 0 aliphatic carbocycles. The largest absolute Gasteiger partial charge is 0.508 e. The molecule has 2 aliphatic heterocycles. The van der Waals surface area contributed by atoms with E-state index in [-0.39, 0.29) is 5.75 Å². The van der Waals surface area contributed by atoms with E-state index in [0.29, 0.717) is 31.0 Å². The Morgan fingerprint density at radius 1 is 1.20 bits per heavy atom. The van der Waals surface area contributed by atoms with Gasteiger partial charge in [0.1, 0.15) is 18.2 Å². The molecule has 7 nitrogen and oxygen atoms in total. The zero-order valence-corrected chi connectivity index (χ0v) is 17.2. The van der Waals surface area contributed by atoms with Gasteiger partial charge < -0.3 is 25.4 Å². The van der Waals surface area contributed by atoms with E-state index in [1.165, 1.54) is 6.42 Å². The van der Waals surface area contributed by atoms with Crippen LogP contribution in [0.4, 0.5) is 11.5 Å². The van der Waals surface area contributed by atoms with Gasteiger partial charge in [-0.05, 0) is 44.3 Å². The maximum Gasteiger partial charge on any atom is 0.318 e. The lowest BCUT2D eigenvalue weighted by molar-refractivity contribution is 0.187. The van der Waals surface area contributed by atoms with Gasteiger partial charge >= 0.3 is 6.01 Å². The van der Waals surface area contributed by atoms with Crippen LogP contribution in [-0.4, -0.2) is 52.8 Å². The Kier molecular flexibility index (Phi) is 4.83. The number of fused-ring (bicyclic) bond motifs is 2. The molecule has 0 unspecified atom stereocenters. The molecule has 1 fully saturated rings. The second-order valence-electron chi connectivity index (χ2n) is 8.26. The minimum absolute atomic E-state index is 0.265. The van der Waals surface area contributed by atoms with E-state index in [2.05, 4.69) is 27.9 Å². The molecule has 2 aromatic carbocycles. The first-order valence-corrected chi connectivity index (χ1v) is 10.5. The molecule has 156 valence electrons. The lowest BCUT2D eigenvalue weighted by atomic mass is 10.0. The van der Waals surface area contributed by atoms with Crippen molar-refractivity contribution in [3.05, 3.63) is 47.7 Å². The van der Waals surface area contributed by atoms with E-state index in [1.807, 2.05) is 24.3 Å². The predicted octanol–water partition coefficient (Wildman–Crippen LogP) is 2.95. The van der Waals surface area contributed by atoms with Gasteiger partial charge in [-0.15, -0.1) is 0 Å². The lowest BCUT2D eigenvalue weighted by Crippen LogP contribution is -2.33. The summed E-state index contributed by atoms with van der Waals surface area (Å²) in [5.41, 5.74) is 9.16. The summed E-state index contributed by atoms with van der Waals surface area (Å²) in [4.78, 5) is 13.7. The standard InChI is InChI=1S/C23H27N5O2/c1-27-9-4-6-16(27)14-30-23-25-20-13-28(10-8-19(20)22(24)26-23)21-12-17(29)11-15-5-2-3-7-18(15)21/h2-3,5,7,11-12,16,29H,4,6,8-10,13-14H2,1H3,(H2,24,25,26)/t16-/m0/s1. The predicted molar refractivity (Wildman–Crippen MR) is 118 cm³/mol. The number of anilines is 2. The number of nitrogens with zero attached hydrogens (tertiary/aromatic N) is 4. The van der Waals surface area contributed by atoms with Gasteiger partial charge in [0.25, 0.3) is 0 Å². The van der Waals surface area contributed by atoms with E-state index >= 15 is 0 Å². The molecule has 0 bridgehead atoms. The fourth-order valence-electron chi connectivity index (χ4n) is 4.60. The van der Waals surface area contributed by atoms with Crippen molar-refractivity contribution in [2.75, 3.05) is 37.4 Å². The van der Waals surface area contributed by atoms with E-state index in [1.54, 1.807) is 6.07 Å². The van der Waals surface area contributed by atoms with Crippen molar-refractivity contribution in [1.29, 1.82) is 0 Å². The summed E-state index contributed by atoms with van der Waals surface area (Å²) in [6.45, 7) is 3.08. The van der Waals surface area contributed by atoms with E-state index in [9.17, 15) is 5.11 Å². The fourth-order valence-corrected chi connectivity index (χ4v) is 4.60. The highest BCUT2D eigenvalue weighted by atomic mass is 16.5. The second-order valence-corrected chi connectivity index (χ2v) is 8.26. The van der Waals surface area contributed by atoms with Gasteiger partial charge in [-0.1, -0.05) is 24.3 Å². The highest BCUT2D eigenvalue weighted by Crippen LogP contribution is 2.35. The molecule has 1 aromatic heterocycles. The molecule has 30 heavy (non-hydrogen) atoms. The number of hydrogen-bond acceptors (Lipinski definition) is 7. The highest BCUT2D eigenvalue weighted by molar-refractivity contribution is 5.95. The quantitative estimate of drug-likeness (QED) is 0.690. The number of ether oxygens (including phenoxy) is 1. The average Bonchev–Trinajstić information content (AvgIpc) is 3.16. The number of aromatic nitrogens is 2. The summed E-state index contributed by atoms with van der Waals surface area (Å²) in [6, 6.07) is 12.5. The SMILES string of the molecule is CN1CCC[C@H]1COc1nc(N)c2c(n1)CN(c1cc(O)cc3ccccc13)CC2. The Balaban J connectivity index is 1.41. The summed E-state index contributed by atoms with van der Waals surface area (Å²) >= 11 is 0. The summed E-state index contributed by atoms with van der Waals surface area (Å²) in [6.07, 6.45) is 3.09. The van der Waals surface area contributed by atoms with Crippen LogP contribution in [0, 0.1) is 0 Å². The Hall–Kier alpha value is -3.06. The number of benzene rings is 2. The molecule has 1 atom stereocenters. The first-order chi connectivity index (χ1) is 14.6. The number of rotatable bonds is 4. The van der Waals surface area contributed by atoms with Crippen molar-refractivity contribution in [2.45, 2.75) is 31.8 Å². The molecule has 0 spiro atoms. The second kappa shape index (κ2) is 7.65. The zero-order valence-electron chi connectivity index (χ0n) is 17.2. The number of phenolic OH excluding ortho intramolecular Hbond substituents is 1. The van der Waals surface area contributed by atoms with Crippen LogP contribution in [0.1, 0.15) is 24.1 Å². The van der Waals surface area contributed by atoms with Gasteiger partial charge in [-0.2, -0.15) is 9.97 Å². The van der Waals surface area contributed by atoms with Crippen molar-refractivity contribution in [2.24, 2.45) is 0 Å². The third-order valence-corrected chi connectivity index (χ3v) is 6.32. The van der Waals surface area contributed by atoms with Gasteiger partial charge in [0, 0.05) is 35.3 Å². The molecule has 0 radical (unpaired) electrons. The van der Waals surface area contributed by atoms with Crippen molar-refractivity contribution in [3.8, 4) is 11.8 Å². The smallest absolute Gasteiger partial charge is 0.318 e. The van der Waals surface area contributed by atoms with Crippen LogP contribution >= 0.6 is 0 Å². The minimum atomic E-state index is 0.265. The molecule has 3 N–H and O–H groups in total. The highest BCUT2D eigenvalue weighted by Gasteiger charge is 2.25. The monoisotopic (exact) mass is 405 g/mol. The molecular weight excluding hydrogens is 378 g/mol. The van der Waals surface area contributed by atoms with Gasteiger partial charge in [0.2, 0.25) is 0 Å². The molecule has 0 amide bonds. The number of likely N-dealkylation sites (tertiary alicyclic amines) is 1. The van der Waals surface area contributed by atoms with Crippen molar-refractivity contribution < 1.29 is 9.84 Å². The van der Waals surface area contributed by atoms with Gasteiger partial charge in [0.05, 0.1) is 12.2 Å². The van der Waals surface area contributed by atoms with Crippen LogP contribution in [-0.2, 0) is 13.0 Å². The van der Waals surface area contributed by atoms with Crippen LogP contribution in [0.15, 0.2) is 36.4 Å². The molecule has 3 aromatic rings. The third kappa shape index (κ3) is 3.50. The molecule has 1 saturated heterocycles. The normalized spacial score (nSPS) is 19.2. The van der Waals surface area contributed by atoms with Crippen molar-refractivity contribution >= 4 is 22.3 Å². The van der Waals surface area contributed by atoms with Crippen LogP contribution in [0.25, 0.3) is 10.8 Å². The van der Waals surface area contributed by atoms with Gasteiger partial charge in [-0.25, -0.2) is 0 Å².